The Bertz CT molecular complexity index is 936. The van der Waals surface area contributed by atoms with Crippen LogP contribution in [0.15, 0.2) is 46.9 Å². The van der Waals surface area contributed by atoms with Gasteiger partial charge in [-0.15, -0.1) is 0 Å². The highest BCUT2D eigenvalue weighted by Gasteiger charge is 2.14. The maximum atomic E-state index is 12.1. The van der Waals surface area contributed by atoms with E-state index in [2.05, 4.69) is 5.32 Å². The van der Waals surface area contributed by atoms with Crippen molar-refractivity contribution >= 4 is 28.5 Å². The van der Waals surface area contributed by atoms with Crippen molar-refractivity contribution in [2.75, 3.05) is 19.9 Å². The first-order valence-electron chi connectivity index (χ1n) is 7.69. The summed E-state index contributed by atoms with van der Waals surface area (Å²) in [5.41, 5.74) is 0.617. The van der Waals surface area contributed by atoms with Crippen LogP contribution in [0.25, 0.3) is 11.0 Å². The summed E-state index contributed by atoms with van der Waals surface area (Å²) in [5.74, 6) is 1.94. The Labute approximate surface area is 148 Å². The molecule has 0 atom stereocenters. The molecule has 0 saturated carbocycles. The molecule has 7 heteroatoms. The summed E-state index contributed by atoms with van der Waals surface area (Å²) in [6, 6.07) is 12.2. The number of benzene rings is 2. The van der Waals surface area contributed by atoms with Crippen molar-refractivity contribution in [3.8, 4) is 17.2 Å². The van der Waals surface area contributed by atoms with Crippen LogP contribution in [0.4, 0.5) is 0 Å². The standard InChI is InChI=1S/C18H14ClNO5/c19-12-1-3-14-11(7-12)8-17(25-14)18(21)20-5-6-22-13-2-4-15-16(9-13)24-10-23-15/h1-4,7-9H,5-6,10H2,(H,20,21). The number of ether oxygens (including phenoxy) is 3. The zero-order valence-corrected chi connectivity index (χ0v) is 13.8. The highest BCUT2D eigenvalue weighted by Crippen LogP contribution is 2.35. The Morgan fingerprint density at radius 1 is 1.12 bits per heavy atom. The van der Waals surface area contributed by atoms with E-state index in [0.29, 0.717) is 41.0 Å². The molecule has 0 radical (unpaired) electrons. The molecular formula is C18H14ClNO5. The first kappa shape index (κ1) is 15.7. The molecule has 0 saturated heterocycles. The minimum atomic E-state index is -0.304. The quantitative estimate of drug-likeness (QED) is 0.704. The third-order valence-corrected chi connectivity index (χ3v) is 3.94. The lowest BCUT2D eigenvalue weighted by Crippen LogP contribution is -2.27. The molecule has 1 aliphatic heterocycles. The van der Waals surface area contributed by atoms with E-state index in [1.54, 1.807) is 42.5 Å². The topological polar surface area (TPSA) is 69.9 Å². The van der Waals surface area contributed by atoms with Gasteiger partial charge in [0.1, 0.15) is 17.9 Å². The van der Waals surface area contributed by atoms with Crippen molar-refractivity contribution in [2.24, 2.45) is 0 Å². The number of hydrogen-bond donors (Lipinski definition) is 1. The Morgan fingerprint density at radius 3 is 2.92 bits per heavy atom. The number of amides is 1. The molecule has 0 fully saturated rings. The van der Waals surface area contributed by atoms with Gasteiger partial charge in [0.2, 0.25) is 6.79 Å². The molecular weight excluding hydrogens is 346 g/mol. The number of halogens is 1. The van der Waals surface area contributed by atoms with E-state index in [1.807, 2.05) is 0 Å². The second-order valence-corrected chi connectivity index (χ2v) is 5.85. The molecule has 2 aromatic carbocycles. The fourth-order valence-electron chi connectivity index (χ4n) is 2.51. The number of rotatable bonds is 5. The van der Waals surface area contributed by atoms with Crippen molar-refractivity contribution in [1.82, 2.24) is 5.32 Å². The van der Waals surface area contributed by atoms with Crippen molar-refractivity contribution in [1.29, 1.82) is 0 Å². The lowest BCUT2D eigenvalue weighted by Gasteiger charge is -2.07. The van der Waals surface area contributed by atoms with E-state index in [-0.39, 0.29) is 18.5 Å². The molecule has 0 aliphatic carbocycles. The molecule has 1 aromatic heterocycles. The monoisotopic (exact) mass is 359 g/mol. The maximum absolute atomic E-state index is 12.1. The number of fused-ring (bicyclic) bond motifs is 2. The van der Waals surface area contributed by atoms with Gasteiger partial charge < -0.3 is 23.9 Å². The predicted octanol–water partition coefficient (Wildman–Crippen LogP) is 3.62. The normalized spacial score (nSPS) is 12.4. The summed E-state index contributed by atoms with van der Waals surface area (Å²) in [7, 11) is 0. The van der Waals surface area contributed by atoms with E-state index < -0.39 is 0 Å². The van der Waals surface area contributed by atoms with Crippen molar-refractivity contribution in [3.05, 3.63) is 53.2 Å². The Hall–Kier alpha value is -2.86. The minimum absolute atomic E-state index is 0.220. The predicted molar refractivity (Wildman–Crippen MR) is 91.6 cm³/mol. The van der Waals surface area contributed by atoms with E-state index >= 15 is 0 Å². The summed E-state index contributed by atoms with van der Waals surface area (Å²) in [4.78, 5) is 12.1. The lowest BCUT2D eigenvalue weighted by molar-refractivity contribution is 0.0921. The summed E-state index contributed by atoms with van der Waals surface area (Å²) >= 11 is 5.93. The highest BCUT2D eigenvalue weighted by atomic mass is 35.5. The fraction of sp³-hybridized carbons (Fsp3) is 0.167. The van der Waals surface area contributed by atoms with Gasteiger partial charge in [-0.3, -0.25) is 4.79 Å². The summed E-state index contributed by atoms with van der Waals surface area (Å²) in [6.07, 6.45) is 0. The van der Waals surface area contributed by atoms with Crippen LogP contribution >= 0.6 is 11.6 Å². The third-order valence-electron chi connectivity index (χ3n) is 3.70. The minimum Gasteiger partial charge on any atom is -0.492 e. The van der Waals surface area contributed by atoms with Gasteiger partial charge in [-0.05, 0) is 36.4 Å². The van der Waals surface area contributed by atoms with E-state index in [0.717, 1.165) is 5.39 Å². The number of nitrogens with one attached hydrogen (secondary N) is 1. The molecule has 4 rings (SSSR count). The SMILES string of the molecule is O=C(NCCOc1ccc2c(c1)OCO2)c1cc2cc(Cl)ccc2o1. The van der Waals surface area contributed by atoms with E-state index in [4.69, 9.17) is 30.2 Å². The highest BCUT2D eigenvalue weighted by molar-refractivity contribution is 6.31. The van der Waals surface area contributed by atoms with Crippen LogP contribution in [0, 0.1) is 0 Å². The van der Waals surface area contributed by atoms with Crippen LogP contribution in [-0.2, 0) is 0 Å². The molecule has 25 heavy (non-hydrogen) atoms. The summed E-state index contributed by atoms with van der Waals surface area (Å²) in [5, 5.41) is 4.13. The fourth-order valence-corrected chi connectivity index (χ4v) is 2.69. The molecule has 128 valence electrons. The van der Waals surface area contributed by atoms with Gasteiger partial charge in [0.05, 0.1) is 6.54 Å². The molecule has 1 amide bonds. The molecule has 1 aliphatic rings. The lowest BCUT2D eigenvalue weighted by atomic mass is 10.2. The van der Waals surface area contributed by atoms with Crippen LogP contribution in [-0.4, -0.2) is 25.9 Å². The Balaban J connectivity index is 1.31. The van der Waals surface area contributed by atoms with Crippen LogP contribution in [0.3, 0.4) is 0 Å². The molecule has 0 unspecified atom stereocenters. The number of furan rings is 1. The largest absolute Gasteiger partial charge is 0.492 e. The smallest absolute Gasteiger partial charge is 0.287 e. The molecule has 1 N–H and O–H groups in total. The number of carbonyl (C=O) groups excluding carboxylic acids is 1. The Kier molecular flexibility index (Phi) is 4.11. The average Bonchev–Trinajstić information content (AvgIpc) is 3.24. The maximum Gasteiger partial charge on any atom is 0.287 e. The van der Waals surface area contributed by atoms with Gasteiger partial charge in [-0.1, -0.05) is 11.6 Å². The first-order valence-corrected chi connectivity index (χ1v) is 8.06. The molecule has 3 aromatic rings. The summed E-state index contributed by atoms with van der Waals surface area (Å²) < 4.78 is 21.6. The van der Waals surface area contributed by atoms with Crippen LogP contribution < -0.4 is 19.5 Å². The second-order valence-electron chi connectivity index (χ2n) is 5.41. The number of carbonyl (C=O) groups is 1. The zero-order chi connectivity index (χ0) is 17.2. The zero-order valence-electron chi connectivity index (χ0n) is 13.1. The van der Waals surface area contributed by atoms with Gasteiger partial charge in [-0.25, -0.2) is 0 Å². The molecule has 0 spiro atoms. The molecule has 0 bridgehead atoms. The van der Waals surface area contributed by atoms with Crippen LogP contribution in [0.1, 0.15) is 10.6 Å². The molecule has 6 nitrogen and oxygen atoms in total. The first-order chi connectivity index (χ1) is 12.2. The van der Waals surface area contributed by atoms with Gasteiger partial charge in [0.15, 0.2) is 17.3 Å². The number of hydrogen-bond acceptors (Lipinski definition) is 5. The second kappa shape index (κ2) is 6.57. The summed E-state index contributed by atoms with van der Waals surface area (Å²) in [6.45, 7) is 0.875. The van der Waals surface area contributed by atoms with Gasteiger partial charge in [0, 0.05) is 16.5 Å². The van der Waals surface area contributed by atoms with Gasteiger partial charge in [-0.2, -0.15) is 0 Å². The van der Waals surface area contributed by atoms with Gasteiger partial charge >= 0.3 is 0 Å². The van der Waals surface area contributed by atoms with Crippen LogP contribution in [0.5, 0.6) is 17.2 Å². The average molecular weight is 360 g/mol. The molecule has 2 heterocycles. The Morgan fingerprint density at radius 2 is 2.00 bits per heavy atom. The van der Waals surface area contributed by atoms with Crippen molar-refractivity contribution in [3.63, 3.8) is 0 Å². The van der Waals surface area contributed by atoms with E-state index in [1.165, 1.54) is 0 Å². The van der Waals surface area contributed by atoms with Gasteiger partial charge in [0.25, 0.3) is 5.91 Å². The van der Waals surface area contributed by atoms with E-state index in [9.17, 15) is 4.79 Å². The van der Waals surface area contributed by atoms with Crippen molar-refractivity contribution in [2.45, 2.75) is 0 Å². The van der Waals surface area contributed by atoms with Crippen molar-refractivity contribution < 1.29 is 23.4 Å². The third kappa shape index (κ3) is 3.34. The van der Waals surface area contributed by atoms with Crippen LogP contribution in [0.2, 0.25) is 5.02 Å².